The number of nitrogens with zero attached hydrogens (tertiary/aromatic N) is 2. The molecule has 0 saturated carbocycles. The van der Waals surface area contributed by atoms with Gasteiger partial charge in [-0.3, -0.25) is 9.79 Å². The lowest BCUT2D eigenvalue weighted by atomic mass is 10.2. The minimum absolute atomic E-state index is 0.172. The summed E-state index contributed by atoms with van der Waals surface area (Å²) in [6.45, 7) is 2.05. The van der Waals surface area contributed by atoms with E-state index in [9.17, 15) is 13.6 Å². The van der Waals surface area contributed by atoms with Crippen LogP contribution in [0.25, 0.3) is 0 Å². The first-order chi connectivity index (χ1) is 14.1. The number of hydrogen-bond donors (Lipinski definition) is 2. The molecule has 0 spiro atoms. The first kappa shape index (κ1) is 20.6. The summed E-state index contributed by atoms with van der Waals surface area (Å²) >= 11 is 0. The molecule has 8 heteroatoms. The first-order valence-corrected chi connectivity index (χ1v) is 9.48. The molecule has 2 aromatic carbocycles. The molecule has 0 aromatic heterocycles. The number of anilines is 1. The van der Waals surface area contributed by atoms with E-state index in [0.717, 1.165) is 36.3 Å². The van der Waals surface area contributed by atoms with E-state index in [-0.39, 0.29) is 18.3 Å². The number of nitrogens with one attached hydrogen (secondary N) is 2. The summed E-state index contributed by atoms with van der Waals surface area (Å²) in [5, 5.41) is 6.28. The summed E-state index contributed by atoms with van der Waals surface area (Å²) in [5.74, 6) is -0.804. The second kappa shape index (κ2) is 9.86. The zero-order valence-corrected chi connectivity index (χ0v) is 16.3. The smallest absolute Gasteiger partial charge is 0.227 e. The molecule has 3 rings (SSSR count). The van der Waals surface area contributed by atoms with Gasteiger partial charge in [-0.25, -0.2) is 8.78 Å². The van der Waals surface area contributed by atoms with Crippen molar-refractivity contribution in [3.63, 3.8) is 0 Å². The number of aliphatic imine (C=N–C) groups is 1. The number of rotatable bonds is 7. The Kier molecular flexibility index (Phi) is 6.99. The van der Waals surface area contributed by atoms with Crippen LogP contribution < -0.4 is 20.3 Å². The van der Waals surface area contributed by atoms with Crippen molar-refractivity contribution in [2.75, 3.05) is 31.6 Å². The van der Waals surface area contributed by atoms with Crippen LogP contribution >= 0.6 is 0 Å². The highest BCUT2D eigenvalue weighted by Gasteiger charge is 2.21. The lowest BCUT2D eigenvalue weighted by Crippen LogP contribution is -2.38. The molecule has 0 aliphatic carbocycles. The van der Waals surface area contributed by atoms with Gasteiger partial charge in [0.1, 0.15) is 12.4 Å². The molecule has 154 valence electrons. The molecule has 1 amide bonds. The van der Waals surface area contributed by atoms with E-state index in [0.29, 0.717) is 25.5 Å². The van der Waals surface area contributed by atoms with E-state index < -0.39 is 11.6 Å². The van der Waals surface area contributed by atoms with E-state index in [4.69, 9.17) is 4.74 Å². The summed E-state index contributed by atoms with van der Waals surface area (Å²) in [5.41, 5.74) is 1.98. The number of hydrogen-bond acceptors (Lipinski definition) is 3. The van der Waals surface area contributed by atoms with Gasteiger partial charge in [0.05, 0.1) is 6.54 Å². The molecule has 1 aliphatic rings. The number of carbonyl (C=O) groups excluding carboxylic acids is 1. The number of amides is 1. The lowest BCUT2D eigenvalue weighted by molar-refractivity contribution is -0.117. The van der Waals surface area contributed by atoms with Crippen molar-refractivity contribution in [1.29, 1.82) is 0 Å². The minimum atomic E-state index is -0.937. The highest BCUT2D eigenvalue weighted by atomic mass is 19.2. The highest BCUT2D eigenvalue weighted by molar-refractivity contribution is 5.95. The van der Waals surface area contributed by atoms with Crippen LogP contribution in [0.5, 0.6) is 5.75 Å². The summed E-state index contributed by atoms with van der Waals surface area (Å²) in [4.78, 5) is 17.8. The SMILES string of the molecule is CN=C(NCCOc1ccc(F)c(F)c1)NCc1ccc(N2CCCC2=O)cc1. The topological polar surface area (TPSA) is 66.0 Å². The number of guanidine groups is 1. The Balaban J connectivity index is 1.40. The van der Waals surface area contributed by atoms with E-state index >= 15 is 0 Å². The van der Waals surface area contributed by atoms with Gasteiger partial charge in [-0.1, -0.05) is 12.1 Å². The molecular formula is C21H24F2N4O2. The molecule has 0 bridgehead atoms. The molecule has 2 aromatic rings. The maximum absolute atomic E-state index is 13.1. The normalized spacial score (nSPS) is 14.2. The zero-order chi connectivity index (χ0) is 20.6. The van der Waals surface area contributed by atoms with E-state index in [1.807, 2.05) is 29.2 Å². The largest absolute Gasteiger partial charge is 0.492 e. The molecule has 1 fully saturated rings. The molecule has 1 aliphatic heterocycles. The van der Waals surface area contributed by atoms with E-state index in [1.165, 1.54) is 6.07 Å². The number of carbonyl (C=O) groups is 1. The average molecular weight is 402 g/mol. The predicted molar refractivity (Wildman–Crippen MR) is 108 cm³/mol. The van der Waals surface area contributed by atoms with Crippen LogP contribution in [0.1, 0.15) is 18.4 Å². The number of benzene rings is 2. The van der Waals surface area contributed by atoms with Crippen LogP contribution in [0.3, 0.4) is 0 Å². The van der Waals surface area contributed by atoms with Crippen LogP contribution in [0, 0.1) is 11.6 Å². The average Bonchev–Trinajstić information content (AvgIpc) is 3.16. The van der Waals surface area contributed by atoms with E-state index in [1.54, 1.807) is 7.05 Å². The molecular weight excluding hydrogens is 378 g/mol. The van der Waals surface area contributed by atoms with Gasteiger partial charge in [-0.15, -0.1) is 0 Å². The fraction of sp³-hybridized carbons (Fsp3) is 0.333. The maximum Gasteiger partial charge on any atom is 0.227 e. The van der Waals surface area contributed by atoms with Crippen molar-refractivity contribution >= 4 is 17.6 Å². The van der Waals surface area contributed by atoms with Crippen LogP contribution in [0.15, 0.2) is 47.5 Å². The second-order valence-corrected chi connectivity index (χ2v) is 6.59. The van der Waals surface area contributed by atoms with Crippen molar-refractivity contribution in [2.24, 2.45) is 4.99 Å². The molecule has 1 heterocycles. The van der Waals surface area contributed by atoms with E-state index in [2.05, 4.69) is 15.6 Å². The van der Waals surface area contributed by atoms with Crippen molar-refractivity contribution in [3.05, 3.63) is 59.7 Å². The van der Waals surface area contributed by atoms with Crippen LogP contribution in [-0.4, -0.2) is 38.6 Å². The van der Waals surface area contributed by atoms with Crippen molar-refractivity contribution in [3.8, 4) is 5.75 Å². The summed E-state index contributed by atoms with van der Waals surface area (Å²) in [7, 11) is 1.66. The molecule has 2 N–H and O–H groups in total. The van der Waals surface area contributed by atoms with Gasteiger partial charge < -0.3 is 20.3 Å². The predicted octanol–water partition coefficient (Wildman–Crippen LogP) is 2.84. The highest BCUT2D eigenvalue weighted by Crippen LogP contribution is 2.21. The Morgan fingerprint density at radius 2 is 1.93 bits per heavy atom. The zero-order valence-electron chi connectivity index (χ0n) is 16.3. The van der Waals surface area contributed by atoms with Gasteiger partial charge in [0.15, 0.2) is 17.6 Å². The maximum atomic E-state index is 13.1. The Bertz CT molecular complexity index is 871. The molecule has 1 saturated heterocycles. The van der Waals surface area contributed by atoms with Crippen molar-refractivity contribution in [1.82, 2.24) is 10.6 Å². The Labute approximate surface area is 168 Å². The first-order valence-electron chi connectivity index (χ1n) is 9.48. The molecule has 29 heavy (non-hydrogen) atoms. The van der Waals surface area contributed by atoms with Crippen molar-refractivity contribution < 1.29 is 18.3 Å². The van der Waals surface area contributed by atoms with Crippen molar-refractivity contribution in [2.45, 2.75) is 19.4 Å². The third kappa shape index (κ3) is 5.66. The summed E-state index contributed by atoms with van der Waals surface area (Å²) in [6, 6.07) is 11.3. The Morgan fingerprint density at radius 1 is 1.14 bits per heavy atom. The lowest BCUT2D eigenvalue weighted by Gasteiger charge is -2.16. The van der Waals surface area contributed by atoms with Gasteiger partial charge in [0.25, 0.3) is 0 Å². The number of halogens is 2. The second-order valence-electron chi connectivity index (χ2n) is 6.59. The molecule has 6 nitrogen and oxygen atoms in total. The van der Waals surface area contributed by atoms with Gasteiger partial charge in [-0.05, 0) is 36.2 Å². The minimum Gasteiger partial charge on any atom is -0.492 e. The van der Waals surface area contributed by atoms with Gasteiger partial charge in [0.2, 0.25) is 5.91 Å². The van der Waals surface area contributed by atoms with Crippen LogP contribution in [-0.2, 0) is 11.3 Å². The van der Waals surface area contributed by atoms with Crippen LogP contribution in [0.4, 0.5) is 14.5 Å². The standard InChI is InChI=1S/C21H24F2N4O2/c1-24-21(25-10-12-29-17-8-9-18(22)19(23)13-17)26-14-15-4-6-16(7-5-15)27-11-2-3-20(27)28/h4-9,13H,2-3,10-12,14H2,1H3,(H2,24,25,26). The summed E-state index contributed by atoms with van der Waals surface area (Å²) in [6.07, 6.45) is 1.52. The molecule has 0 unspecified atom stereocenters. The number of ether oxygens (including phenoxy) is 1. The Morgan fingerprint density at radius 3 is 2.59 bits per heavy atom. The Hall–Kier alpha value is -3.16. The third-order valence-electron chi connectivity index (χ3n) is 4.56. The third-order valence-corrected chi connectivity index (χ3v) is 4.56. The molecule has 0 radical (unpaired) electrons. The van der Waals surface area contributed by atoms with Gasteiger partial charge in [-0.2, -0.15) is 0 Å². The fourth-order valence-electron chi connectivity index (χ4n) is 3.03. The quantitative estimate of drug-likeness (QED) is 0.425. The van der Waals surface area contributed by atoms with Gasteiger partial charge >= 0.3 is 0 Å². The summed E-state index contributed by atoms with van der Waals surface area (Å²) < 4.78 is 31.4. The molecule has 0 atom stereocenters. The van der Waals surface area contributed by atoms with Crippen LogP contribution in [0.2, 0.25) is 0 Å². The van der Waals surface area contributed by atoms with Gasteiger partial charge in [0, 0.05) is 38.3 Å². The fourth-order valence-corrected chi connectivity index (χ4v) is 3.03. The monoisotopic (exact) mass is 402 g/mol.